The summed E-state index contributed by atoms with van der Waals surface area (Å²) in [6.45, 7) is 13.0. The van der Waals surface area contributed by atoms with Gasteiger partial charge in [-0.25, -0.2) is 4.98 Å². The van der Waals surface area contributed by atoms with Crippen molar-refractivity contribution in [1.82, 2.24) is 19.6 Å². The molecule has 0 N–H and O–H groups in total. The molecule has 0 unspecified atom stereocenters. The lowest BCUT2D eigenvalue weighted by Crippen LogP contribution is -2.37. The van der Waals surface area contributed by atoms with Crippen LogP contribution in [0, 0.1) is 0 Å². The summed E-state index contributed by atoms with van der Waals surface area (Å²) < 4.78 is 7.56. The maximum Gasteiger partial charge on any atom is 0.158 e. The molecule has 1 aliphatic heterocycles. The van der Waals surface area contributed by atoms with Crippen molar-refractivity contribution in [3.8, 4) is 11.3 Å². The van der Waals surface area contributed by atoms with Crippen LogP contribution in [0.1, 0.15) is 32.2 Å². The van der Waals surface area contributed by atoms with Gasteiger partial charge in [-0.1, -0.05) is 49.1 Å². The van der Waals surface area contributed by atoms with Gasteiger partial charge in [0, 0.05) is 49.0 Å². The highest BCUT2D eigenvalue weighted by molar-refractivity contribution is 5.76. The third-order valence-corrected chi connectivity index (χ3v) is 5.97. The van der Waals surface area contributed by atoms with Crippen molar-refractivity contribution in [2.24, 2.45) is 0 Å². The highest BCUT2D eigenvalue weighted by Gasteiger charge is 2.20. The van der Waals surface area contributed by atoms with Gasteiger partial charge in [-0.15, -0.1) is 0 Å². The van der Waals surface area contributed by atoms with Crippen LogP contribution in [0.5, 0.6) is 0 Å². The van der Waals surface area contributed by atoms with Crippen molar-refractivity contribution in [1.29, 1.82) is 0 Å². The summed E-state index contributed by atoms with van der Waals surface area (Å²) in [5.41, 5.74) is 6.80. The Balaban J connectivity index is 1.88. The molecule has 1 fully saturated rings. The maximum absolute atomic E-state index is 5.61. The van der Waals surface area contributed by atoms with Crippen LogP contribution < -0.4 is 4.90 Å². The molecule has 0 spiro atoms. The summed E-state index contributed by atoms with van der Waals surface area (Å²) in [7, 11) is 0. The molecule has 0 bridgehead atoms. The fourth-order valence-electron chi connectivity index (χ4n) is 4.26. The summed E-state index contributed by atoms with van der Waals surface area (Å²) in [6.07, 6.45) is 16.7. The van der Waals surface area contributed by atoms with Crippen molar-refractivity contribution < 1.29 is 4.74 Å². The van der Waals surface area contributed by atoms with Crippen molar-refractivity contribution in [3.63, 3.8) is 0 Å². The lowest BCUT2D eigenvalue weighted by molar-refractivity contribution is 0.122. The van der Waals surface area contributed by atoms with E-state index in [0.717, 1.165) is 59.2 Å². The topological polar surface area (TPSA) is 55.5 Å². The van der Waals surface area contributed by atoms with Crippen molar-refractivity contribution >= 4 is 17.0 Å². The monoisotopic (exact) mass is 467 g/mol. The molecule has 0 amide bonds. The quantitative estimate of drug-likeness (QED) is 0.390. The van der Waals surface area contributed by atoms with Crippen LogP contribution in [-0.2, 0) is 11.2 Å². The molecule has 0 saturated carbocycles. The first-order valence-electron chi connectivity index (χ1n) is 12.1. The maximum atomic E-state index is 5.61. The van der Waals surface area contributed by atoms with Gasteiger partial charge in [0.25, 0.3) is 0 Å². The van der Waals surface area contributed by atoms with Crippen molar-refractivity contribution in [2.75, 3.05) is 31.2 Å². The Morgan fingerprint density at radius 1 is 1.11 bits per heavy atom. The Morgan fingerprint density at radius 3 is 2.63 bits per heavy atom. The van der Waals surface area contributed by atoms with E-state index < -0.39 is 0 Å². The summed E-state index contributed by atoms with van der Waals surface area (Å²) in [5, 5.41) is 4.94. The van der Waals surface area contributed by atoms with Gasteiger partial charge in [0.15, 0.2) is 5.65 Å². The predicted octanol–water partition coefficient (Wildman–Crippen LogP) is 5.84. The highest BCUT2D eigenvalue weighted by Crippen LogP contribution is 2.29. The van der Waals surface area contributed by atoms with Gasteiger partial charge in [-0.3, -0.25) is 4.98 Å². The molecule has 35 heavy (non-hydrogen) atoms. The molecular formula is C29H33N5O. The predicted molar refractivity (Wildman–Crippen MR) is 145 cm³/mol. The average molecular weight is 468 g/mol. The number of hydrogen-bond acceptors (Lipinski definition) is 5. The van der Waals surface area contributed by atoms with E-state index >= 15 is 0 Å². The van der Waals surface area contributed by atoms with E-state index in [4.69, 9.17) is 19.8 Å². The van der Waals surface area contributed by atoms with Crippen LogP contribution in [0.3, 0.4) is 0 Å². The number of aromatic nitrogens is 4. The van der Waals surface area contributed by atoms with Crippen LogP contribution >= 0.6 is 0 Å². The Labute approximate surface area is 207 Å². The van der Waals surface area contributed by atoms with E-state index in [1.807, 2.05) is 54.9 Å². The fourth-order valence-corrected chi connectivity index (χ4v) is 4.26. The third kappa shape index (κ3) is 5.49. The SMILES string of the molecule is C=C/C=C(\C=C/C)c1cc2nc(-c3cccnc3CC(/C=C\C)=C/C)cc(N3CCOCC3)n2n1. The van der Waals surface area contributed by atoms with E-state index in [1.165, 1.54) is 5.57 Å². The number of nitrogens with zero attached hydrogens (tertiary/aromatic N) is 5. The first-order valence-corrected chi connectivity index (χ1v) is 12.1. The number of hydrogen-bond donors (Lipinski definition) is 0. The van der Waals surface area contributed by atoms with Crippen molar-refractivity contribution in [3.05, 3.63) is 96.5 Å². The molecule has 0 radical (unpaired) electrons. The Morgan fingerprint density at radius 2 is 1.91 bits per heavy atom. The Hall–Kier alpha value is -3.77. The number of rotatable bonds is 8. The minimum absolute atomic E-state index is 0.694. The van der Waals surface area contributed by atoms with E-state index in [9.17, 15) is 0 Å². The fraction of sp³-hybridized carbons (Fsp3) is 0.276. The standard InChI is InChI=1S/C29H33N5O/c1-5-10-22(8-4)19-26-24(13-9-14-30-26)27-21-29(33-15-17-35-18-16-33)34-28(31-27)20-25(32-34)23(11-6-2)12-7-3/h5-14,20-21H,2,15-19H2,1,3-4H3/b10-5-,12-7-,22-8+,23-11+. The Kier molecular flexibility index (Phi) is 8.06. The van der Waals surface area contributed by atoms with E-state index in [1.54, 1.807) is 6.08 Å². The number of anilines is 1. The molecule has 0 atom stereocenters. The van der Waals surface area contributed by atoms with E-state index in [-0.39, 0.29) is 0 Å². The molecule has 0 aliphatic carbocycles. The first kappa shape index (κ1) is 24.4. The van der Waals surface area contributed by atoms with Crippen LogP contribution in [0.2, 0.25) is 0 Å². The van der Waals surface area contributed by atoms with E-state index in [0.29, 0.717) is 13.2 Å². The molecule has 4 rings (SSSR count). The minimum atomic E-state index is 0.694. The Bertz CT molecular complexity index is 1310. The second kappa shape index (κ2) is 11.6. The zero-order chi connectivity index (χ0) is 24.6. The number of pyridine rings is 1. The number of ether oxygens (including phenoxy) is 1. The zero-order valence-electron chi connectivity index (χ0n) is 20.8. The molecule has 1 saturated heterocycles. The van der Waals surface area contributed by atoms with Gasteiger partial charge in [0.05, 0.1) is 30.3 Å². The van der Waals surface area contributed by atoms with Crippen LogP contribution in [0.25, 0.3) is 22.5 Å². The van der Waals surface area contributed by atoms with Gasteiger partial charge >= 0.3 is 0 Å². The molecule has 3 aromatic heterocycles. The molecule has 1 aliphatic rings. The second-order valence-corrected chi connectivity index (χ2v) is 8.29. The lowest BCUT2D eigenvalue weighted by Gasteiger charge is -2.29. The van der Waals surface area contributed by atoms with Gasteiger partial charge in [0.1, 0.15) is 5.82 Å². The molecular weight excluding hydrogens is 434 g/mol. The molecule has 180 valence electrons. The molecule has 6 heteroatoms. The average Bonchev–Trinajstić information content (AvgIpc) is 3.33. The van der Waals surface area contributed by atoms with Gasteiger partial charge in [-0.05, 0) is 38.5 Å². The third-order valence-electron chi connectivity index (χ3n) is 5.97. The molecule has 4 heterocycles. The van der Waals surface area contributed by atoms with Crippen LogP contribution in [-0.4, -0.2) is 45.9 Å². The number of morpholine rings is 1. The highest BCUT2D eigenvalue weighted by atomic mass is 16.5. The van der Waals surface area contributed by atoms with Gasteiger partial charge in [-0.2, -0.15) is 9.61 Å². The summed E-state index contributed by atoms with van der Waals surface area (Å²) >= 11 is 0. The zero-order valence-corrected chi connectivity index (χ0v) is 20.8. The second-order valence-electron chi connectivity index (χ2n) is 8.29. The largest absolute Gasteiger partial charge is 0.378 e. The first-order chi connectivity index (χ1) is 17.2. The summed E-state index contributed by atoms with van der Waals surface area (Å²) in [4.78, 5) is 12.1. The summed E-state index contributed by atoms with van der Waals surface area (Å²) in [5.74, 6) is 1.01. The molecule has 3 aromatic rings. The van der Waals surface area contributed by atoms with Crippen LogP contribution in [0.4, 0.5) is 5.82 Å². The van der Waals surface area contributed by atoms with Gasteiger partial charge in [0.2, 0.25) is 0 Å². The summed E-state index contributed by atoms with van der Waals surface area (Å²) in [6, 6.07) is 8.25. The molecule has 6 nitrogen and oxygen atoms in total. The minimum Gasteiger partial charge on any atom is -0.378 e. The van der Waals surface area contributed by atoms with Gasteiger partial charge < -0.3 is 9.64 Å². The smallest absolute Gasteiger partial charge is 0.158 e. The normalized spacial score (nSPS) is 15.6. The van der Waals surface area contributed by atoms with E-state index in [2.05, 4.69) is 48.8 Å². The molecule has 0 aromatic carbocycles. The number of allylic oxidation sites excluding steroid dienone is 9. The lowest BCUT2D eigenvalue weighted by atomic mass is 10.0. The van der Waals surface area contributed by atoms with Crippen LogP contribution in [0.15, 0.2) is 85.1 Å². The van der Waals surface area contributed by atoms with Crippen molar-refractivity contribution in [2.45, 2.75) is 27.2 Å². The number of fused-ring (bicyclic) bond motifs is 1.